The Morgan fingerprint density at radius 3 is 1.95 bits per heavy atom. The van der Waals surface area contributed by atoms with E-state index in [-0.39, 0.29) is 43.5 Å². The van der Waals surface area contributed by atoms with Crippen molar-refractivity contribution in [2.75, 3.05) is 41.8 Å². The number of hydrogen-bond acceptors (Lipinski definition) is 13. The van der Waals surface area contributed by atoms with Gasteiger partial charge in [-0.15, -0.1) is 0 Å². The van der Waals surface area contributed by atoms with E-state index in [0.717, 1.165) is 12.1 Å². The van der Waals surface area contributed by atoms with Gasteiger partial charge in [-0.25, -0.2) is 0 Å². The standard InChI is InChI=1S/C38H45N3O18S5/c1-37(2)31-22-30(64(57,58)59)9-11-33(31)41(15-4-17-61(48,49)50)34(37)12-6-26-19-25(23-38(24-26,36(43)44)35(42)39-13-18-62(51,52)53)5-7-28-20-27-21-29(63(54,55)56)8-10-32(27)40(28)14-3-16-60(45,46)47/h5-12,19,21-22H,3-4,13-18,20,23-24H2,1-2H3,(H6-,39,42,43,44,45,46,47,48,49,50,51,52,53,54,55,56,57,58,59)/p+1. The van der Waals surface area contributed by atoms with Gasteiger partial charge in [-0.1, -0.05) is 18.2 Å². The highest BCUT2D eigenvalue weighted by Gasteiger charge is 2.49. The van der Waals surface area contributed by atoms with E-state index in [4.69, 9.17) is 0 Å². The van der Waals surface area contributed by atoms with Crippen molar-refractivity contribution in [3.05, 3.63) is 94.7 Å². The number of carboxylic acids is 1. The maximum Gasteiger partial charge on any atom is 0.319 e. The maximum absolute atomic E-state index is 13.8. The molecule has 7 N–H and O–H groups in total. The smallest absolute Gasteiger partial charge is 0.319 e. The van der Waals surface area contributed by atoms with Crippen LogP contribution in [0.3, 0.4) is 0 Å². The van der Waals surface area contributed by atoms with E-state index in [1.807, 2.05) is 0 Å². The summed E-state index contributed by atoms with van der Waals surface area (Å²) in [5.74, 6) is -4.90. The number of carboxylic acid groups (broad SMARTS) is 1. The Labute approximate surface area is 370 Å². The highest BCUT2D eigenvalue weighted by molar-refractivity contribution is 7.86. The van der Waals surface area contributed by atoms with Crippen molar-refractivity contribution in [2.24, 2.45) is 5.41 Å². The van der Waals surface area contributed by atoms with Crippen LogP contribution in [0.1, 0.15) is 50.7 Å². The van der Waals surface area contributed by atoms with Crippen molar-refractivity contribution in [3.63, 3.8) is 0 Å². The zero-order valence-electron chi connectivity index (χ0n) is 34.1. The first-order valence-electron chi connectivity index (χ1n) is 19.1. The average Bonchev–Trinajstić information content (AvgIpc) is 3.60. The molecule has 5 rings (SSSR count). The van der Waals surface area contributed by atoms with Crippen LogP contribution in [0.5, 0.6) is 0 Å². The number of carbonyl (C=O) groups excluding carboxylic acids is 1. The molecule has 0 bridgehead atoms. The second-order valence-electron chi connectivity index (χ2n) is 15.9. The minimum absolute atomic E-state index is 0.00463. The van der Waals surface area contributed by atoms with Gasteiger partial charge >= 0.3 is 5.97 Å². The van der Waals surface area contributed by atoms with Gasteiger partial charge in [-0.05, 0) is 86.2 Å². The zero-order valence-corrected chi connectivity index (χ0v) is 38.2. The number of nitrogens with one attached hydrogen (secondary N) is 1. The molecule has 0 radical (unpaired) electrons. The molecule has 0 fully saturated rings. The van der Waals surface area contributed by atoms with E-state index in [1.165, 1.54) is 42.5 Å². The third-order valence-corrected chi connectivity index (χ3v) is 14.9. The summed E-state index contributed by atoms with van der Waals surface area (Å²) in [4.78, 5) is 27.8. The molecule has 1 atom stereocenters. The summed E-state index contributed by atoms with van der Waals surface area (Å²) in [6.45, 7) is 2.73. The lowest BCUT2D eigenvalue weighted by Crippen LogP contribution is -2.49. The fraction of sp³-hybridized carbons (Fsp3) is 0.395. The van der Waals surface area contributed by atoms with Crippen molar-refractivity contribution in [3.8, 4) is 0 Å². The lowest BCUT2D eigenvalue weighted by molar-refractivity contribution is -0.437. The van der Waals surface area contributed by atoms with Crippen LogP contribution in [-0.2, 0) is 72.0 Å². The van der Waals surface area contributed by atoms with Crippen LogP contribution in [0, 0.1) is 5.41 Å². The van der Waals surface area contributed by atoms with E-state index >= 15 is 0 Å². The van der Waals surface area contributed by atoms with Gasteiger partial charge in [0, 0.05) is 55.0 Å². The van der Waals surface area contributed by atoms with Crippen molar-refractivity contribution in [1.82, 2.24) is 5.32 Å². The quantitative estimate of drug-likeness (QED) is 0.0640. The molecular weight excluding hydrogens is 947 g/mol. The summed E-state index contributed by atoms with van der Waals surface area (Å²) in [6.07, 6.45) is 6.48. The van der Waals surface area contributed by atoms with Gasteiger partial charge in [0.2, 0.25) is 11.6 Å². The van der Waals surface area contributed by atoms with Gasteiger partial charge in [0.15, 0.2) is 11.1 Å². The molecule has 3 aliphatic rings. The number of fused-ring (bicyclic) bond motifs is 2. The fourth-order valence-electron chi connectivity index (χ4n) is 7.93. The van der Waals surface area contributed by atoms with Crippen molar-refractivity contribution in [2.45, 2.75) is 61.2 Å². The predicted octanol–water partition coefficient (Wildman–Crippen LogP) is 2.34. The molecule has 21 nitrogen and oxygen atoms in total. The predicted molar refractivity (Wildman–Crippen MR) is 231 cm³/mol. The molecule has 2 aliphatic heterocycles. The Morgan fingerprint density at radius 1 is 0.766 bits per heavy atom. The van der Waals surface area contributed by atoms with Crippen molar-refractivity contribution in [1.29, 1.82) is 0 Å². The monoisotopic (exact) mass is 992 g/mol. The number of nitrogens with zero attached hydrogens (tertiary/aromatic N) is 2. The molecule has 64 heavy (non-hydrogen) atoms. The third-order valence-electron chi connectivity index (χ3n) is 10.9. The van der Waals surface area contributed by atoms with Gasteiger partial charge in [-0.2, -0.15) is 46.7 Å². The first-order chi connectivity index (χ1) is 29.3. The first kappa shape index (κ1) is 50.4. The highest BCUT2D eigenvalue weighted by atomic mass is 32.2. The van der Waals surface area contributed by atoms with Crippen LogP contribution in [0.2, 0.25) is 0 Å². The molecule has 2 aromatic carbocycles. The first-order valence-corrected chi connectivity index (χ1v) is 26.8. The number of amides is 1. The van der Waals surface area contributed by atoms with Crippen LogP contribution >= 0.6 is 0 Å². The average molecular weight is 993 g/mol. The minimum Gasteiger partial charge on any atom is -0.480 e. The fourth-order valence-corrected chi connectivity index (χ4v) is 10.3. The van der Waals surface area contributed by atoms with Gasteiger partial charge in [0.05, 0.1) is 32.5 Å². The molecule has 0 spiro atoms. The lowest BCUT2D eigenvalue weighted by Gasteiger charge is -2.32. The molecule has 0 saturated heterocycles. The van der Waals surface area contributed by atoms with Crippen LogP contribution in [0.25, 0.3) is 0 Å². The number of allylic oxidation sites excluding steroid dienone is 8. The van der Waals surface area contributed by atoms with Crippen LogP contribution in [0.15, 0.2) is 93.4 Å². The van der Waals surface area contributed by atoms with E-state index in [0.29, 0.717) is 33.9 Å². The van der Waals surface area contributed by atoms with Gasteiger partial charge in [0.1, 0.15) is 6.54 Å². The SMILES string of the molecule is CC1(C)C(/C=C/C2=CC(=C/C=C3\Cc4cc(S(=O)(=O)O)ccc4N3CCCS(=O)(=O)O)/CC(C(=O)O)(C(=O)NCCS(=O)(=O)O)C2)=[N+](CCCS(=O)(=O)O)c2ccc(S(=O)(=O)O)cc21. The van der Waals surface area contributed by atoms with E-state index in [9.17, 15) is 79.5 Å². The topological polar surface area (TPSA) is 344 Å². The Balaban J connectivity index is 1.64. The van der Waals surface area contributed by atoms with E-state index < -0.39 is 120 Å². The number of rotatable bonds is 18. The second kappa shape index (κ2) is 18.3. The Bertz CT molecular complexity index is 3010. The molecule has 2 aromatic rings. The third kappa shape index (κ3) is 12.2. The van der Waals surface area contributed by atoms with Crippen molar-refractivity contribution >= 4 is 79.6 Å². The summed E-state index contributed by atoms with van der Waals surface area (Å²) in [6, 6.07) is 7.56. The number of hydrogen-bond donors (Lipinski definition) is 7. The minimum atomic E-state index is -4.67. The molecule has 2 heterocycles. The molecule has 1 unspecified atom stereocenters. The summed E-state index contributed by atoms with van der Waals surface area (Å²) in [7, 11) is -22.6. The summed E-state index contributed by atoms with van der Waals surface area (Å²) >= 11 is 0. The van der Waals surface area contributed by atoms with E-state index in [2.05, 4.69) is 5.32 Å². The largest absolute Gasteiger partial charge is 0.480 e. The normalized spacial score (nSPS) is 20.5. The number of benzene rings is 2. The van der Waals surface area contributed by atoms with Crippen LogP contribution in [0.4, 0.5) is 11.4 Å². The highest BCUT2D eigenvalue weighted by Crippen LogP contribution is 2.44. The Kier molecular flexibility index (Phi) is 14.4. The summed E-state index contributed by atoms with van der Waals surface area (Å²) < 4.78 is 166. The molecule has 0 saturated carbocycles. The van der Waals surface area contributed by atoms with E-state index in [1.54, 1.807) is 35.5 Å². The number of aliphatic carboxylic acids is 1. The Hall–Kier alpha value is -4.64. The Morgan fingerprint density at radius 2 is 1.36 bits per heavy atom. The summed E-state index contributed by atoms with van der Waals surface area (Å²) in [5, 5.41) is 13.0. The lowest BCUT2D eigenvalue weighted by atomic mass is 9.71. The number of carbonyl (C=O) groups is 2. The number of anilines is 1. The van der Waals surface area contributed by atoms with Gasteiger partial charge in [0.25, 0.3) is 50.6 Å². The van der Waals surface area contributed by atoms with Crippen LogP contribution in [-0.4, -0.2) is 129 Å². The zero-order chi connectivity index (χ0) is 47.8. The van der Waals surface area contributed by atoms with Crippen LogP contribution < -0.4 is 10.2 Å². The molecule has 1 aliphatic carbocycles. The maximum atomic E-state index is 13.8. The summed E-state index contributed by atoms with van der Waals surface area (Å²) in [5.41, 5.74) is -0.374. The second-order valence-corrected chi connectivity index (χ2v) is 23.5. The van der Waals surface area contributed by atoms with Gasteiger partial charge in [-0.3, -0.25) is 32.4 Å². The molecule has 1 amide bonds. The molecule has 26 heteroatoms. The molecule has 0 aromatic heterocycles. The molecular formula is C38H46N3O18S5+. The molecule has 350 valence electrons. The van der Waals surface area contributed by atoms with Crippen molar-refractivity contribution < 1.29 is 84.1 Å². The van der Waals surface area contributed by atoms with Gasteiger partial charge < -0.3 is 15.3 Å².